The smallest absolute Gasteiger partial charge is 0.211 e. The van der Waals surface area contributed by atoms with Crippen molar-refractivity contribution in [3.05, 3.63) is 58.4 Å². The van der Waals surface area contributed by atoms with Gasteiger partial charge in [0.05, 0.1) is 15.5 Å². The zero-order chi connectivity index (χ0) is 20.6. The first-order chi connectivity index (χ1) is 13.7. The monoisotopic (exact) mass is 446 g/mol. The molecule has 1 N–H and O–H groups in total. The van der Waals surface area contributed by atoms with Crippen molar-refractivity contribution in [1.82, 2.24) is 19.3 Å². The van der Waals surface area contributed by atoms with Gasteiger partial charge in [0.2, 0.25) is 15.0 Å². The Kier molecular flexibility index (Phi) is 5.32. The molecule has 0 aliphatic carbocycles. The summed E-state index contributed by atoms with van der Waals surface area (Å²) in [6.45, 7) is 6.60. The number of hydrogen-bond donors (Lipinski definition) is 1. The van der Waals surface area contributed by atoms with Gasteiger partial charge in [-0.05, 0) is 34.6 Å². The highest BCUT2D eigenvalue weighted by Gasteiger charge is 2.18. The number of hydrogen-bond acceptors (Lipinski definition) is 6. The van der Waals surface area contributed by atoms with E-state index in [1.807, 2.05) is 35.0 Å². The molecule has 3 aromatic heterocycles. The van der Waals surface area contributed by atoms with Crippen LogP contribution in [-0.4, -0.2) is 29.6 Å². The van der Waals surface area contributed by atoms with Gasteiger partial charge in [-0.15, -0.1) is 27.8 Å². The maximum absolute atomic E-state index is 12.6. The molecular weight excluding hydrogens is 424 g/mol. The van der Waals surface area contributed by atoms with Crippen LogP contribution in [-0.2, 0) is 21.9 Å². The lowest BCUT2D eigenvalue weighted by Gasteiger charge is -2.19. The van der Waals surface area contributed by atoms with Gasteiger partial charge in [-0.3, -0.25) is 0 Å². The predicted molar refractivity (Wildman–Crippen MR) is 118 cm³/mol. The minimum Gasteiger partial charge on any atom is -0.211 e. The molecule has 29 heavy (non-hydrogen) atoms. The highest BCUT2D eigenvalue weighted by Crippen LogP contribution is 2.25. The molecular formula is C20H22N4O2S3. The Morgan fingerprint density at radius 3 is 2.52 bits per heavy atom. The zero-order valence-electron chi connectivity index (χ0n) is 16.4. The van der Waals surface area contributed by atoms with Crippen molar-refractivity contribution >= 4 is 37.7 Å². The first-order valence-electron chi connectivity index (χ1n) is 9.21. The third-order valence-corrected chi connectivity index (χ3v) is 7.80. The molecule has 0 atom stereocenters. The number of thiazole rings is 1. The maximum Gasteiger partial charge on any atom is 0.240 e. The van der Waals surface area contributed by atoms with Crippen LogP contribution in [0.15, 0.2) is 52.1 Å². The number of aromatic nitrogens is 3. The molecule has 9 heteroatoms. The Morgan fingerprint density at radius 2 is 1.86 bits per heavy atom. The Hall–Kier alpha value is -2.07. The molecule has 0 bridgehead atoms. The van der Waals surface area contributed by atoms with Gasteiger partial charge in [0.15, 0.2) is 5.82 Å². The van der Waals surface area contributed by atoms with Gasteiger partial charge >= 0.3 is 0 Å². The summed E-state index contributed by atoms with van der Waals surface area (Å²) in [5.41, 5.74) is 2.02. The molecule has 0 spiro atoms. The van der Waals surface area contributed by atoms with Crippen molar-refractivity contribution in [2.24, 2.45) is 0 Å². The zero-order valence-corrected chi connectivity index (χ0v) is 18.9. The summed E-state index contributed by atoms with van der Waals surface area (Å²) < 4.78 is 29.7. The maximum atomic E-state index is 12.6. The largest absolute Gasteiger partial charge is 0.240 e. The summed E-state index contributed by atoms with van der Waals surface area (Å²) in [5.74, 6) is 0.701. The van der Waals surface area contributed by atoms with Crippen LogP contribution in [0.25, 0.3) is 15.7 Å². The molecule has 0 aliphatic heterocycles. The van der Waals surface area contributed by atoms with E-state index < -0.39 is 10.0 Å². The molecule has 152 valence electrons. The normalized spacial score (nSPS) is 12.7. The van der Waals surface area contributed by atoms with Crippen molar-refractivity contribution in [3.8, 4) is 10.7 Å². The third kappa shape index (κ3) is 4.28. The van der Waals surface area contributed by atoms with Gasteiger partial charge in [-0.1, -0.05) is 39.0 Å². The molecule has 0 unspecified atom stereocenters. The second-order valence-corrected chi connectivity index (χ2v) is 11.3. The van der Waals surface area contributed by atoms with Crippen LogP contribution in [0.5, 0.6) is 0 Å². The highest BCUT2D eigenvalue weighted by molar-refractivity contribution is 7.89. The Labute approximate surface area is 178 Å². The van der Waals surface area contributed by atoms with Crippen LogP contribution < -0.4 is 4.72 Å². The SMILES string of the molecule is CC(C)(C)c1ccc(S(=O)(=O)NCCc2csc3nc(-c4cccs4)nn23)cc1. The van der Waals surface area contributed by atoms with E-state index in [2.05, 4.69) is 35.6 Å². The highest BCUT2D eigenvalue weighted by atomic mass is 32.2. The van der Waals surface area contributed by atoms with Gasteiger partial charge in [0, 0.05) is 18.3 Å². The van der Waals surface area contributed by atoms with Gasteiger partial charge in [-0.2, -0.15) is 4.98 Å². The van der Waals surface area contributed by atoms with Crippen molar-refractivity contribution in [2.45, 2.75) is 37.5 Å². The fourth-order valence-electron chi connectivity index (χ4n) is 2.94. The molecule has 0 aliphatic rings. The second kappa shape index (κ2) is 7.64. The fourth-order valence-corrected chi connectivity index (χ4v) is 5.48. The van der Waals surface area contributed by atoms with E-state index in [9.17, 15) is 8.42 Å². The lowest BCUT2D eigenvalue weighted by atomic mass is 9.87. The van der Waals surface area contributed by atoms with E-state index in [0.29, 0.717) is 18.8 Å². The first kappa shape index (κ1) is 20.2. The van der Waals surface area contributed by atoms with Gasteiger partial charge in [-0.25, -0.2) is 17.7 Å². The van der Waals surface area contributed by atoms with Crippen LogP contribution in [0.3, 0.4) is 0 Å². The van der Waals surface area contributed by atoms with Crippen molar-refractivity contribution < 1.29 is 8.42 Å². The van der Waals surface area contributed by atoms with Crippen molar-refractivity contribution in [3.63, 3.8) is 0 Å². The number of benzene rings is 1. The summed E-state index contributed by atoms with van der Waals surface area (Å²) in [4.78, 5) is 6.66. The minimum absolute atomic E-state index is 0.0141. The summed E-state index contributed by atoms with van der Waals surface area (Å²) in [7, 11) is -3.55. The summed E-state index contributed by atoms with van der Waals surface area (Å²) in [6.07, 6.45) is 0.534. The second-order valence-electron chi connectivity index (χ2n) is 7.76. The quantitative estimate of drug-likeness (QED) is 0.478. The molecule has 0 saturated heterocycles. The number of rotatable bonds is 6. The lowest BCUT2D eigenvalue weighted by molar-refractivity contribution is 0.578. The van der Waals surface area contributed by atoms with E-state index in [1.165, 1.54) is 11.3 Å². The topological polar surface area (TPSA) is 76.4 Å². The van der Waals surface area contributed by atoms with Crippen molar-refractivity contribution in [2.75, 3.05) is 6.54 Å². The predicted octanol–water partition coefficient (Wildman–Crippen LogP) is 4.34. The molecule has 0 radical (unpaired) electrons. The molecule has 4 rings (SSSR count). The van der Waals surface area contributed by atoms with Crippen LogP contribution >= 0.6 is 22.7 Å². The Balaban J connectivity index is 1.44. The average molecular weight is 447 g/mol. The standard InChI is InChI=1S/C20H22N4O2S3/c1-20(2,3)14-6-8-16(9-7-14)29(25,26)21-11-10-15-13-28-19-22-18(23-24(15)19)17-5-4-12-27-17/h4-9,12-13,21H,10-11H2,1-3H3. The van der Waals surface area contributed by atoms with Gasteiger partial charge < -0.3 is 0 Å². The van der Waals surface area contributed by atoms with Crippen LogP contribution in [0.1, 0.15) is 32.0 Å². The molecule has 3 heterocycles. The molecule has 6 nitrogen and oxygen atoms in total. The first-order valence-corrected chi connectivity index (χ1v) is 12.5. The summed E-state index contributed by atoms with van der Waals surface area (Å²) in [6, 6.07) is 11.0. The number of nitrogens with one attached hydrogen (secondary N) is 1. The van der Waals surface area contributed by atoms with Crippen LogP contribution in [0.2, 0.25) is 0 Å². The van der Waals surface area contributed by atoms with Gasteiger partial charge in [0.25, 0.3) is 0 Å². The van der Waals surface area contributed by atoms with E-state index in [1.54, 1.807) is 28.0 Å². The molecule has 0 amide bonds. The minimum atomic E-state index is -3.55. The van der Waals surface area contributed by atoms with Crippen molar-refractivity contribution in [1.29, 1.82) is 0 Å². The lowest BCUT2D eigenvalue weighted by Crippen LogP contribution is -2.26. The summed E-state index contributed by atoms with van der Waals surface area (Å²) in [5, 5.41) is 8.54. The van der Waals surface area contributed by atoms with Crippen LogP contribution in [0, 0.1) is 0 Å². The molecule has 4 aromatic rings. The van der Waals surface area contributed by atoms with E-state index in [4.69, 9.17) is 0 Å². The third-order valence-electron chi connectivity index (χ3n) is 4.60. The van der Waals surface area contributed by atoms with E-state index >= 15 is 0 Å². The van der Waals surface area contributed by atoms with E-state index in [0.717, 1.165) is 21.1 Å². The Bertz CT molecular complexity index is 1220. The fraction of sp³-hybridized carbons (Fsp3) is 0.300. The molecule has 0 saturated carbocycles. The number of thiophene rings is 1. The Morgan fingerprint density at radius 1 is 1.10 bits per heavy atom. The number of nitrogens with zero attached hydrogens (tertiary/aromatic N) is 3. The summed E-state index contributed by atoms with van der Waals surface area (Å²) >= 11 is 3.10. The number of fused-ring (bicyclic) bond motifs is 1. The molecule has 0 fully saturated rings. The van der Waals surface area contributed by atoms with Crippen LogP contribution in [0.4, 0.5) is 0 Å². The van der Waals surface area contributed by atoms with E-state index in [-0.39, 0.29) is 10.3 Å². The van der Waals surface area contributed by atoms with Gasteiger partial charge in [0.1, 0.15) is 0 Å². The molecule has 1 aromatic carbocycles. The number of sulfonamides is 1. The average Bonchev–Trinajstić information content (AvgIpc) is 3.39.